The number of carbonyl (C=O) groups excluding carboxylic acids is 1. The maximum Gasteiger partial charge on any atom is 0.220 e. The Morgan fingerprint density at radius 2 is 2.17 bits per heavy atom. The van der Waals surface area contributed by atoms with Gasteiger partial charge in [0.15, 0.2) is 0 Å². The van der Waals surface area contributed by atoms with E-state index in [0.29, 0.717) is 19.6 Å². The topological polar surface area (TPSA) is 75.5 Å². The molecule has 0 radical (unpaired) electrons. The summed E-state index contributed by atoms with van der Waals surface area (Å²) < 4.78 is 27.7. The SMILES string of the molecule is CCS(=O)(=O)N1CC[C@H]2[C@H](C[C@@H](Cn3cccn3)N2C(C)=O)C1. The van der Waals surface area contributed by atoms with Gasteiger partial charge in [-0.15, -0.1) is 0 Å². The molecule has 1 aromatic heterocycles. The maximum absolute atomic E-state index is 12.1. The van der Waals surface area contributed by atoms with E-state index in [1.165, 1.54) is 0 Å². The Morgan fingerprint density at radius 3 is 2.78 bits per heavy atom. The van der Waals surface area contributed by atoms with Gasteiger partial charge < -0.3 is 4.90 Å². The van der Waals surface area contributed by atoms with Crippen LogP contribution >= 0.6 is 0 Å². The zero-order chi connectivity index (χ0) is 16.6. The van der Waals surface area contributed by atoms with Gasteiger partial charge >= 0.3 is 0 Å². The average Bonchev–Trinajstić information content (AvgIpc) is 3.13. The zero-order valence-electron chi connectivity index (χ0n) is 13.6. The molecule has 2 aliphatic heterocycles. The van der Waals surface area contributed by atoms with Crippen LogP contribution in [0.5, 0.6) is 0 Å². The third kappa shape index (κ3) is 3.14. The lowest BCUT2D eigenvalue weighted by atomic mass is 9.93. The second kappa shape index (κ2) is 6.24. The fraction of sp³-hybridized carbons (Fsp3) is 0.733. The molecule has 3 rings (SSSR count). The van der Waals surface area contributed by atoms with Crippen LogP contribution < -0.4 is 0 Å². The summed E-state index contributed by atoms with van der Waals surface area (Å²) >= 11 is 0. The highest BCUT2D eigenvalue weighted by Crippen LogP contribution is 2.37. The van der Waals surface area contributed by atoms with Gasteiger partial charge in [0, 0.05) is 38.4 Å². The lowest BCUT2D eigenvalue weighted by Gasteiger charge is -2.37. The van der Waals surface area contributed by atoms with Crippen LogP contribution in [-0.4, -0.2) is 64.2 Å². The van der Waals surface area contributed by atoms with Crippen molar-refractivity contribution in [2.24, 2.45) is 5.92 Å². The lowest BCUT2D eigenvalue weighted by molar-refractivity contribution is -0.132. The molecule has 0 unspecified atom stereocenters. The molecule has 0 aromatic carbocycles. The van der Waals surface area contributed by atoms with Crippen molar-refractivity contribution in [2.75, 3.05) is 18.8 Å². The molecule has 3 atom stereocenters. The summed E-state index contributed by atoms with van der Waals surface area (Å²) in [7, 11) is -3.15. The second-order valence-electron chi connectivity index (χ2n) is 6.42. The number of fused-ring (bicyclic) bond motifs is 1. The Bertz CT molecular complexity index is 658. The number of aromatic nitrogens is 2. The molecule has 128 valence electrons. The smallest absolute Gasteiger partial charge is 0.220 e. The monoisotopic (exact) mass is 340 g/mol. The van der Waals surface area contributed by atoms with Gasteiger partial charge in [-0.3, -0.25) is 9.48 Å². The van der Waals surface area contributed by atoms with E-state index in [1.54, 1.807) is 24.3 Å². The highest BCUT2D eigenvalue weighted by Gasteiger charge is 2.46. The number of piperidine rings is 1. The maximum atomic E-state index is 12.1. The van der Waals surface area contributed by atoms with E-state index in [2.05, 4.69) is 5.10 Å². The number of amides is 1. The lowest BCUT2D eigenvalue weighted by Crippen LogP contribution is -2.50. The normalized spacial score (nSPS) is 28.8. The molecule has 0 N–H and O–H groups in total. The van der Waals surface area contributed by atoms with Crippen molar-refractivity contribution < 1.29 is 13.2 Å². The largest absolute Gasteiger partial charge is 0.335 e. The molecule has 2 aliphatic rings. The molecule has 0 aliphatic carbocycles. The van der Waals surface area contributed by atoms with Gasteiger partial charge in [-0.05, 0) is 31.7 Å². The van der Waals surface area contributed by atoms with Crippen LogP contribution in [-0.2, 0) is 21.4 Å². The zero-order valence-corrected chi connectivity index (χ0v) is 14.4. The van der Waals surface area contributed by atoms with Gasteiger partial charge in [0.25, 0.3) is 0 Å². The molecule has 2 fully saturated rings. The number of likely N-dealkylation sites (tertiary alicyclic amines) is 1. The fourth-order valence-corrected chi connectivity index (χ4v) is 5.20. The van der Waals surface area contributed by atoms with E-state index < -0.39 is 10.0 Å². The quantitative estimate of drug-likeness (QED) is 0.802. The van der Waals surface area contributed by atoms with E-state index in [0.717, 1.165) is 12.8 Å². The summed E-state index contributed by atoms with van der Waals surface area (Å²) in [5.74, 6) is 0.424. The first-order valence-corrected chi connectivity index (χ1v) is 9.77. The molecule has 3 heterocycles. The van der Waals surface area contributed by atoms with Gasteiger partial charge in [0.05, 0.1) is 18.3 Å². The standard InChI is InChI=1S/C15H24N4O3S/c1-3-23(21,22)18-8-5-15-13(10-18)9-14(19(15)12(2)20)11-17-7-4-6-16-17/h4,6-7,13-15H,3,5,8-11H2,1-2H3/t13-,14+,15+/m1/s1. The van der Waals surface area contributed by atoms with Gasteiger partial charge in [-0.25, -0.2) is 12.7 Å². The van der Waals surface area contributed by atoms with Crippen LogP contribution in [0.2, 0.25) is 0 Å². The molecule has 0 spiro atoms. The van der Waals surface area contributed by atoms with Crippen molar-refractivity contribution in [3.63, 3.8) is 0 Å². The molecule has 7 nitrogen and oxygen atoms in total. The van der Waals surface area contributed by atoms with Crippen LogP contribution in [0.25, 0.3) is 0 Å². The fourth-order valence-electron chi connectivity index (χ4n) is 4.03. The number of carbonyl (C=O) groups is 1. The van der Waals surface area contributed by atoms with Crippen molar-refractivity contribution >= 4 is 15.9 Å². The van der Waals surface area contributed by atoms with E-state index in [4.69, 9.17) is 0 Å². The molecule has 8 heteroatoms. The van der Waals surface area contributed by atoms with E-state index in [1.807, 2.05) is 21.8 Å². The molecule has 1 aromatic rings. The van der Waals surface area contributed by atoms with Gasteiger partial charge in [0.2, 0.25) is 15.9 Å². The minimum absolute atomic E-state index is 0.0708. The van der Waals surface area contributed by atoms with Gasteiger partial charge in [0.1, 0.15) is 0 Å². The Kier molecular flexibility index (Phi) is 4.46. The number of rotatable bonds is 4. The van der Waals surface area contributed by atoms with Crippen LogP contribution in [0.15, 0.2) is 18.5 Å². The summed E-state index contributed by atoms with van der Waals surface area (Å²) in [5.41, 5.74) is 0. The van der Waals surface area contributed by atoms with Crippen LogP contribution in [0, 0.1) is 5.92 Å². The molecule has 0 saturated carbocycles. The Hall–Kier alpha value is -1.41. The summed E-state index contributed by atoms with van der Waals surface area (Å²) in [5, 5.41) is 4.23. The van der Waals surface area contributed by atoms with Crippen molar-refractivity contribution in [3.05, 3.63) is 18.5 Å². The predicted molar refractivity (Wildman–Crippen MR) is 86.1 cm³/mol. The van der Waals surface area contributed by atoms with Crippen molar-refractivity contribution in [2.45, 2.75) is 45.3 Å². The Balaban J connectivity index is 1.77. The molecular formula is C15H24N4O3S. The molecular weight excluding hydrogens is 316 g/mol. The van der Waals surface area contributed by atoms with E-state index >= 15 is 0 Å². The summed E-state index contributed by atoms with van der Waals surface area (Å²) in [4.78, 5) is 14.1. The minimum atomic E-state index is -3.15. The Labute approximate surface area is 137 Å². The Morgan fingerprint density at radius 1 is 1.39 bits per heavy atom. The van der Waals surface area contributed by atoms with Crippen molar-refractivity contribution in [1.82, 2.24) is 19.0 Å². The highest BCUT2D eigenvalue weighted by molar-refractivity contribution is 7.89. The van der Waals surface area contributed by atoms with E-state index in [-0.39, 0.29) is 29.7 Å². The summed E-state index contributed by atoms with van der Waals surface area (Å²) in [6.07, 6.45) is 5.18. The first-order valence-electron chi connectivity index (χ1n) is 8.16. The summed E-state index contributed by atoms with van der Waals surface area (Å²) in [6.45, 7) is 4.99. The third-order valence-corrected chi connectivity index (χ3v) is 6.91. The second-order valence-corrected chi connectivity index (χ2v) is 8.68. The first kappa shape index (κ1) is 16.4. The van der Waals surface area contributed by atoms with Gasteiger partial charge in [-0.2, -0.15) is 5.10 Å². The number of nitrogens with zero attached hydrogens (tertiary/aromatic N) is 4. The van der Waals surface area contributed by atoms with Crippen molar-refractivity contribution in [1.29, 1.82) is 0 Å². The average molecular weight is 340 g/mol. The summed E-state index contributed by atoms with van der Waals surface area (Å²) in [6, 6.07) is 2.11. The number of sulfonamides is 1. The third-order valence-electron chi connectivity index (χ3n) is 5.06. The number of hydrogen-bond acceptors (Lipinski definition) is 4. The predicted octanol–water partition coefficient (Wildman–Crippen LogP) is 0.544. The number of hydrogen-bond donors (Lipinski definition) is 0. The van der Waals surface area contributed by atoms with Gasteiger partial charge in [-0.1, -0.05) is 0 Å². The molecule has 2 saturated heterocycles. The van der Waals surface area contributed by atoms with Crippen LogP contribution in [0.1, 0.15) is 26.7 Å². The van der Waals surface area contributed by atoms with Crippen LogP contribution in [0.3, 0.4) is 0 Å². The van der Waals surface area contributed by atoms with Crippen molar-refractivity contribution in [3.8, 4) is 0 Å². The minimum Gasteiger partial charge on any atom is -0.335 e. The van der Waals surface area contributed by atoms with E-state index in [9.17, 15) is 13.2 Å². The first-order chi connectivity index (χ1) is 10.9. The highest BCUT2D eigenvalue weighted by atomic mass is 32.2. The molecule has 23 heavy (non-hydrogen) atoms. The molecule has 0 bridgehead atoms. The van der Waals surface area contributed by atoms with Crippen LogP contribution in [0.4, 0.5) is 0 Å². The molecule has 1 amide bonds.